The maximum atomic E-state index is 13.2. The minimum atomic E-state index is -0.698. The number of carbonyl (C=O) groups is 2. The van der Waals surface area contributed by atoms with Gasteiger partial charge in [-0.3, -0.25) is 19.5 Å². The molecule has 8 nitrogen and oxygen atoms in total. The van der Waals surface area contributed by atoms with Crippen molar-refractivity contribution in [3.63, 3.8) is 0 Å². The molecule has 5 rings (SSSR count). The second-order valence-corrected chi connectivity index (χ2v) is 9.53. The minimum absolute atomic E-state index is 0.0802. The number of morpholine rings is 1. The van der Waals surface area contributed by atoms with E-state index in [0.29, 0.717) is 44.2 Å². The van der Waals surface area contributed by atoms with E-state index in [0.717, 1.165) is 29.8 Å². The summed E-state index contributed by atoms with van der Waals surface area (Å²) in [6.07, 6.45) is 3.25. The smallest absolute Gasteiger partial charge is 0.295 e. The highest BCUT2D eigenvalue weighted by atomic mass is 16.5. The van der Waals surface area contributed by atoms with Crippen LogP contribution in [0.3, 0.4) is 0 Å². The fourth-order valence-electron chi connectivity index (χ4n) is 4.91. The fourth-order valence-corrected chi connectivity index (χ4v) is 4.91. The average Bonchev–Trinajstić information content (AvgIpc) is 3.21. The maximum absolute atomic E-state index is 13.2. The van der Waals surface area contributed by atoms with Gasteiger partial charge in [-0.25, -0.2) is 0 Å². The second kappa shape index (κ2) is 11.6. The van der Waals surface area contributed by atoms with Crippen LogP contribution in [-0.4, -0.2) is 71.0 Å². The first-order valence-corrected chi connectivity index (χ1v) is 12.8. The first kappa shape index (κ1) is 25.6. The molecule has 1 aromatic heterocycles. The number of benzene rings is 2. The zero-order valence-electron chi connectivity index (χ0n) is 21.4. The summed E-state index contributed by atoms with van der Waals surface area (Å²) in [6.45, 7) is 6.29. The van der Waals surface area contributed by atoms with E-state index < -0.39 is 17.7 Å². The van der Waals surface area contributed by atoms with Gasteiger partial charge in [0.25, 0.3) is 11.7 Å². The quantitative estimate of drug-likeness (QED) is 0.279. The van der Waals surface area contributed by atoms with Crippen LogP contribution in [0.1, 0.15) is 28.3 Å². The minimum Gasteiger partial charge on any atom is -0.507 e. The monoisotopic (exact) mass is 513 g/mol. The number of ketones is 1. The van der Waals surface area contributed by atoms with Crippen LogP contribution in [-0.2, 0) is 20.9 Å². The first-order valence-electron chi connectivity index (χ1n) is 12.8. The van der Waals surface area contributed by atoms with E-state index in [4.69, 9.17) is 9.47 Å². The van der Waals surface area contributed by atoms with Crippen molar-refractivity contribution >= 4 is 17.4 Å². The molecular formula is C30H31N3O5. The molecule has 0 saturated carbocycles. The van der Waals surface area contributed by atoms with Gasteiger partial charge in [-0.15, -0.1) is 0 Å². The van der Waals surface area contributed by atoms with Gasteiger partial charge >= 0.3 is 0 Å². The average molecular weight is 514 g/mol. The van der Waals surface area contributed by atoms with Crippen molar-refractivity contribution in [3.05, 3.63) is 101 Å². The van der Waals surface area contributed by atoms with Crippen LogP contribution < -0.4 is 4.74 Å². The summed E-state index contributed by atoms with van der Waals surface area (Å²) in [5.41, 5.74) is 3.47. The number of likely N-dealkylation sites (tertiary alicyclic amines) is 1. The number of nitrogens with zero attached hydrogens (tertiary/aromatic N) is 3. The summed E-state index contributed by atoms with van der Waals surface area (Å²) >= 11 is 0. The third kappa shape index (κ3) is 5.61. The number of amides is 1. The highest BCUT2D eigenvalue weighted by Gasteiger charge is 2.46. The lowest BCUT2D eigenvalue weighted by Gasteiger charge is -2.30. The van der Waals surface area contributed by atoms with E-state index in [9.17, 15) is 14.7 Å². The number of carbonyl (C=O) groups excluding carboxylic acids is 2. The first-order chi connectivity index (χ1) is 18.5. The topological polar surface area (TPSA) is 92.2 Å². The van der Waals surface area contributed by atoms with Crippen LogP contribution >= 0.6 is 0 Å². The van der Waals surface area contributed by atoms with Gasteiger partial charge in [0.05, 0.1) is 24.8 Å². The van der Waals surface area contributed by atoms with Crippen LogP contribution in [0.4, 0.5) is 0 Å². The van der Waals surface area contributed by atoms with E-state index in [1.165, 1.54) is 0 Å². The van der Waals surface area contributed by atoms with Crippen molar-refractivity contribution in [1.82, 2.24) is 14.8 Å². The van der Waals surface area contributed by atoms with Crippen molar-refractivity contribution in [2.45, 2.75) is 19.6 Å². The van der Waals surface area contributed by atoms with Gasteiger partial charge in [0.15, 0.2) is 0 Å². The molecule has 8 heteroatoms. The Labute approximate surface area is 222 Å². The number of aliphatic hydroxyl groups is 1. The number of hydrogen-bond acceptors (Lipinski definition) is 7. The number of aromatic nitrogens is 1. The van der Waals surface area contributed by atoms with E-state index in [-0.39, 0.29) is 11.3 Å². The van der Waals surface area contributed by atoms with E-state index in [1.807, 2.05) is 25.1 Å². The number of hydrogen-bond donors (Lipinski definition) is 1. The zero-order chi connectivity index (χ0) is 26.5. The Balaban J connectivity index is 1.39. The third-order valence-corrected chi connectivity index (χ3v) is 6.94. The summed E-state index contributed by atoms with van der Waals surface area (Å²) < 4.78 is 11.3. The molecule has 0 radical (unpaired) electrons. The van der Waals surface area contributed by atoms with Crippen molar-refractivity contribution < 1.29 is 24.2 Å². The maximum Gasteiger partial charge on any atom is 0.295 e. The summed E-state index contributed by atoms with van der Waals surface area (Å²) in [5.74, 6) is -0.866. The molecule has 0 bridgehead atoms. The van der Waals surface area contributed by atoms with Gasteiger partial charge < -0.3 is 19.5 Å². The van der Waals surface area contributed by atoms with E-state index in [1.54, 1.807) is 53.7 Å². The second-order valence-electron chi connectivity index (χ2n) is 9.53. The lowest BCUT2D eigenvalue weighted by atomic mass is 9.96. The van der Waals surface area contributed by atoms with Gasteiger partial charge in [-0.05, 0) is 54.4 Å². The Morgan fingerprint density at radius 3 is 2.47 bits per heavy atom. The van der Waals surface area contributed by atoms with Gasteiger partial charge in [-0.1, -0.05) is 29.8 Å². The molecule has 196 valence electrons. The molecule has 0 aliphatic carbocycles. The molecule has 2 aliphatic heterocycles. The van der Waals surface area contributed by atoms with Crippen LogP contribution in [0.2, 0.25) is 0 Å². The Morgan fingerprint density at radius 1 is 1.03 bits per heavy atom. The SMILES string of the molecule is Cc1cccc(COc2ccc(/C(O)=C3\C(=O)C(=O)N(CCN4CCOCC4)[C@H]3c3ccncc3)cc2)c1. The number of Topliss-reactive ketones (excluding diaryl/α,β-unsaturated/α-hetero) is 1. The number of pyridine rings is 1. The number of aryl methyl sites for hydroxylation is 1. The fraction of sp³-hybridized carbons (Fsp3) is 0.300. The molecular weight excluding hydrogens is 482 g/mol. The van der Waals surface area contributed by atoms with Gasteiger partial charge in [-0.2, -0.15) is 0 Å². The lowest BCUT2D eigenvalue weighted by molar-refractivity contribution is -0.140. The molecule has 1 N–H and O–H groups in total. The normalized spacial score (nSPS) is 19.6. The molecule has 2 fully saturated rings. The predicted octanol–water partition coefficient (Wildman–Crippen LogP) is 3.72. The van der Waals surface area contributed by atoms with Crippen LogP contribution in [0.25, 0.3) is 5.76 Å². The molecule has 38 heavy (non-hydrogen) atoms. The molecule has 3 aromatic rings. The molecule has 2 aliphatic rings. The molecule has 1 amide bonds. The number of ether oxygens (including phenoxy) is 2. The highest BCUT2D eigenvalue weighted by molar-refractivity contribution is 6.46. The van der Waals surface area contributed by atoms with Gasteiger partial charge in [0.1, 0.15) is 18.1 Å². The molecule has 1 atom stereocenters. The summed E-state index contributed by atoms with van der Waals surface area (Å²) in [6, 6.07) is 17.8. The molecule has 2 saturated heterocycles. The lowest BCUT2D eigenvalue weighted by Crippen LogP contribution is -2.42. The van der Waals surface area contributed by atoms with E-state index >= 15 is 0 Å². The Kier molecular flexibility index (Phi) is 7.81. The summed E-state index contributed by atoms with van der Waals surface area (Å²) in [5, 5.41) is 11.3. The van der Waals surface area contributed by atoms with Crippen LogP contribution in [0.5, 0.6) is 5.75 Å². The molecule has 3 heterocycles. The molecule has 0 spiro atoms. The third-order valence-electron chi connectivity index (χ3n) is 6.94. The van der Waals surface area contributed by atoms with Crippen LogP contribution in [0, 0.1) is 6.92 Å². The Hall–Kier alpha value is -4.01. The Morgan fingerprint density at radius 2 is 1.76 bits per heavy atom. The predicted molar refractivity (Wildman–Crippen MR) is 142 cm³/mol. The standard InChI is InChI=1S/C30H31N3O5/c1-21-3-2-4-22(19-21)20-38-25-7-5-24(6-8-25)28(34)26-27(23-9-11-31-12-10-23)33(30(36)29(26)35)14-13-32-15-17-37-18-16-32/h2-12,19,27,34H,13-18,20H2,1H3/b28-26+/t27-/m0/s1. The van der Waals surface area contributed by atoms with Crippen LogP contribution in [0.15, 0.2) is 78.6 Å². The van der Waals surface area contributed by atoms with Crippen molar-refractivity contribution in [2.75, 3.05) is 39.4 Å². The largest absolute Gasteiger partial charge is 0.507 e. The molecule has 0 unspecified atom stereocenters. The molecule has 2 aromatic carbocycles. The number of aliphatic hydroxyl groups excluding tert-OH is 1. The van der Waals surface area contributed by atoms with Gasteiger partial charge in [0.2, 0.25) is 0 Å². The van der Waals surface area contributed by atoms with E-state index in [2.05, 4.69) is 16.0 Å². The van der Waals surface area contributed by atoms with Crippen molar-refractivity contribution in [2.24, 2.45) is 0 Å². The van der Waals surface area contributed by atoms with Gasteiger partial charge in [0, 0.05) is 44.1 Å². The summed E-state index contributed by atoms with van der Waals surface area (Å²) in [7, 11) is 0. The summed E-state index contributed by atoms with van der Waals surface area (Å²) in [4.78, 5) is 34.2. The highest BCUT2D eigenvalue weighted by Crippen LogP contribution is 2.39. The zero-order valence-corrected chi connectivity index (χ0v) is 21.4. The Bertz CT molecular complexity index is 1320. The number of rotatable bonds is 8. The van der Waals surface area contributed by atoms with Crippen molar-refractivity contribution in [3.8, 4) is 5.75 Å². The van der Waals surface area contributed by atoms with Crippen molar-refractivity contribution in [1.29, 1.82) is 0 Å².